The van der Waals surface area contributed by atoms with Crippen molar-refractivity contribution in [1.29, 1.82) is 0 Å². The van der Waals surface area contributed by atoms with Crippen LogP contribution >= 0.6 is 0 Å². The first-order valence-electron chi connectivity index (χ1n) is 11.4. The molecule has 0 bridgehead atoms. The molecule has 2 heterocycles. The van der Waals surface area contributed by atoms with Crippen LogP contribution in [-0.4, -0.2) is 31.6 Å². The second-order valence-electron chi connectivity index (χ2n) is 8.35. The number of aryl methyl sites for hydroxylation is 1. The topological polar surface area (TPSA) is 81.3 Å². The van der Waals surface area contributed by atoms with E-state index < -0.39 is 5.91 Å². The highest BCUT2D eigenvalue weighted by atomic mass is 19.1. The number of aromatic nitrogens is 4. The van der Waals surface area contributed by atoms with Crippen molar-refractivity contribution >= 4 is 22.6 Å². The van der Waals surface area contributed by atoms with E-state index in [0.717, 1.165) is 24.8 Å². The molecule has 33 heavy (non-hydrogen) atoms. The summed E-state index contributed by atoms with van der Waals surface area (Å²) >= 11 is 0. The van der Waals surface area contributed by atoms with Gasteiger partial charge in [-0.3, -0.25) is 14.2 Å². The van der Waals surface area contributed by atoms with Gasteiger partial charge in [0.1, 0.15) is 5.82 Å². The minimum Gasteiger partial charge on any atom is -0.349 e. The van der Waals surface area contributed by atoms with Crippen LogP contribution < -0.4 is 10.9 Å². The average molecular weight is 450 g/mol. The first kappa shape index (κ1) is 22.6. The fraction of sp³-hybridized carbons (Fsp3) is 0.360. The molecule has 0 aliphatic carbocycles. The molecular weight excluding hydrogens is 421 g/mol. The lowest BCUT2D eigenvalue weighted by Gasteiger charge is -2.12. The Morgan fingerprint density at radius 1 is 1.06 bits per heavy atom. The third kappa shape index (κ3) is 4.94. The normalized spacial score (nSPS) is 11.4. The number of hydrogen-bond donors (Lipinski definition) is 1. The zero-order valence-electron chi connectivity index (χ0n) is 19.0. The molecule has 2 aromatic heterocycles. The van der Waals surface area contributed by atoms with Gasteiger partial charge < -0.3 is 5.32 Å². The van der Waals surface area contributed by atoms with Gasteiger partial charge in [0, 0.05) is 6.54 Å². The fourth-order valence-electron chi connectivity index (χ4n) is 3.96. The van der Waals surface area contributed by atoms with Crippen molar-refractivity contribution in [3.63, 3.8) is 0 Å². The molecular formula is C25H28FN5O2. The second kappa shape index (κ2) is 9.94. The van der Waals surface area contributed by atoms with Gasteiger partial charge in [0.25, 0.3) is 11.5 Å². The van der Waals surface area contributed by atoms with E-state index >= 15 is 0 Å². The smallest absolute Gasteiger partial charge is 0.296 e. The first-order chi connectivity index (χ1) is 16.0. The van der Waals surface area contributed by atoms with E-state index in [-0.39, 0.29) is 29.4 Å². The Balaban J connectivity index is 1.69. The van der Waals surface area contributed by atoms with Gasteiger partial charge in [0.2, 0.25) is 11.5 Å². The molecule has 0 aliphatic rings. The number of rotatable bonds is 9. The van der Waals surface area contributed by atoms with E-state index in [9.17, 15) is 14.0 Å². The number of halogens is 1. The van der Waals surface area contributed by atoms with Crippen molar-refractivity contribution < 1.29 is 9.18 Å². The van der Waals surface area contributed by atoms with E-state index in [1.807, 2.05) is 25.1 Å². The molecule has 4 rings (SSSR count). The summed E-state index contributed by atoms with van der Waals surface area (Å²) in [5.74, 6) is -0.796. The van der Waals surface area contributed by atoms with E-state index in [1.54, 1.807) is 16.7 Å². The number of amides is 1. The number of nitrogens with one attached hydrogen (secondary N) is 1. The quantitative estimate of drug-likeness (QED) is 0.388. The molecule has 4 aromatic rings. The van der Waals surface area contributed by atoms with Crippen molar-refractivity contribution in [3.8, 4) is 0 Å². The third-order valence-corrected chi connectivity index (χ3v) is 5.69. The van der Waals surface area contributed by atoms with Crippen molar-refractivity contribution in [2.75, 3.05) is 6.54 Å². The molecule has 0 atom stereocenters. The number of carbonyl (C=O) groups is 1. The molecule has 8 heteroatoms. The summed E-state index contributed by atoms with van der Waals surface area (Å²) in [6.45, 7) is 4.82. The van der Waals surface area contributed by atoms with Gasteiger partial charge in [-0.25, -0.2) is 8.91 Å². The second-order valence-corrected chi connectivity index (χ2v) is 8.35. The molecule has 1 amide bonds. The van der Waals surface area contributed by atoms with Crippen molar-refractivity contribution in [2.24, 2.45) is 0 Å². The minimum atomic E-state index is -0.398. The van der Waals surface area contributed by atoms with Crippen LogP contribution in [-0.2, 0) is 6.54 Å². The van der Waals surface area contributed by atoms with Crippen LogP contribution in [0.2, 0.25) is 0 Å². The molecule has 1 N–H and O–H groups in total. The highest BCUT2D eigenvalue weighted by molar-refractivity contribution is 5.91. The van der Waals surface area contributed by atoms with Crippen LogP contribution in [0.15, 0.2) is 47.3 Å². The summed E-state index contributed by atoms with van der Waals surface area (Å²) in [7, 11) is 0. The molecule has 0 aliphatic heterocycles. The SMILES string of the molecule is CCCCCCCNC(=O)c1nc2c(=O)n(Cc3cccc(F)c3)c3cc(C)ccc3n2n1. The van der Waals surface area contributed by atoms with Gasteiger partial charge in [0.05, 0.1) is 17.6 Å². The number of fused-ring (bicyclic) bond motifs is 3. The van der Waals surface area contributed by atoms with Gasteiger partial charge in [-0.15, -0.1) is 5.10 Å². The predicted molar refractivity (Wildman–Crippen MR) is 126 cm³/mol. The van der Waals surface area contributed by atoms with E-state index in [2.05, 4.69) is 22.3 Å². The molecule has 0 fully saturated rings. The minimum absolute atomic E-state index is 0.0361. The molecule has 0 spiro atoms. The predicted octanol–water partition coefficient (Wildman–Crippen LogP) is 4.24. The summed E-state index contributed by atoms with van der Waals surface area (Å²) in [5, 5.41) is 7.19. The summed E-state index contributed by atoms with van der Waals surface area (Å²) in [6.07, 6.45) is 5.45. The van der Waals surface area contributed by atoms with E-state index in [1.165, 1.54) is 29.5 Å². The van der Waals surface area contributed by atoms with Crippen molar-refractivity contribution in [2.45, 2.75) is 52.5 Å². The summed E-state index contributed by atoms with van der Waals surface area (Å²) in [4.78, 5) is 30.2. The maximum absolute atomic E-state index is 13.7. The Morgan fingerprint density at radius 3 is 2.67 bits per heavy atom. The molecule has 172 valence electrons. The maximum Gasteiger partial charge on any atom is 0.296 e. The van der Waals surface area contributed by atoms with Crippen LogP contribution in [0.3, 0.4) is 0 Å². The highest BCUT2D eigenvalue weighted by Gasteiger charge is 2.19. The molecule has 0 radical (unpaired) electrons. The van der Waals surface area contributed by atoms with Crippen LogP contribution in [0.25, 0.3) is 16.7 Å². The molecule has 2 aromatic carbocycles. The number of nitrogens with zero attached hydrogens (tertiary/aromatic N) is 4. The fourth-order valence-corrected chi connectivity index (χ4v) is 3.96. The Hall–Kier alpha value is -3.55. The Bertz CT molecular complexity index is 1360. The standard InChI is InChI=1S/C25H28FN5O2/c1-3-4-5-6-7-13-27-24(32)22-28-23-25(33)30(16-18-9-8-10-19(26)15-18)21-14-17(2)11-12-20(21)31(23)29-22/h8-12,14-15H,3-7,13,16H2,1-2H3,(H,27,32). The third-order valence-electron chi connectivity index (χ3n) is 5.69. The van der Waals surface area contributed by atoms with Crippen molar-refractivity contribution in [3.05, 3.63) is 75.6 Å². The Labute approximate surface area is 191 Å². The lowest BCUT2D eigenvalue weighted by Crippen LogP contribution is -2.25. The van der Waals surface area contributed by atoms with Crippen LogP contribution in [0.1, 0.15) is 60.8 Å². The lowest BCUT2D eigenvalue weighted by molar-refractivity contribution is 0.0943. The van der Waals surface area contributed by atoms with Crippen LogP contribution in [0.4, 0.5) is 4.39 Å². The summed E-state index contributed by atoms with van der Waals surface area (Å²) < 4.78 is 16.7. The first-order valence-corrected chi connectivity index (χ1v) is 11.4. The average Bonchev–Trinajstić information content (AvgIpc) is 3.25. The number of carbonyl (C=O) groups excluding carboxylic acids is 1. The zero-order chi connectivity index (χ0) is 23.4. The lowest BCUT2D eigenvalue weighted by atomic mass is 10.1. The molecule has 0 unspecified atom stereocenters. The Kier molecular flexibility index (Phi) is 6.82. The van der Waals surface area contributed by atoms with Gasteiger partial charge in [-0.1, -0.05) is 50.8 Å². The molecule has 7 nitrogen and oxygen atoms in total. The summed E-state index contributed by atoms with van der Waals surface area (Å²) in [5.41, 5.74) is 2.60. The van der Waals surface area contributed by atoms with E-state index in [0.29, 0.717) is 23.1 Å². The van der Waals surface area contributed by atoms with Gasteiger partial charge in [-0.2, -0.15) is 4.98 Å². The highest BCUT2D eigenvalue weighted by Crippen LogP contribution is 2.17. The number of benzene rings is 2. The van der Waals surface area contributed by atoms with Crippen molar-refractivity contribution in [1.82, 2.24) is 24.5 Å². The largest absolute Gasteiger partial charge is 0.349 e. The van der Waals surface area contributed by atoms with Gasteiger partial charge in [-0.05, 0) is 48.7 Å². The summed E-state index contributed by atoms with van der Waals surface area (Å²) in [6, 6.07) is 11.8. The molecule has 0 saturated carbocycles. The Morgan fingerprint density at radius 2 is 1.88 bits per heavy atom. The van der Waals surface area contributed by atoms with E-state index in [4.69, 9.17) is 0 Å². The maximum atomic E-state index is 13.7. The molecule has 0 saturated heterocycles. The van der Waals surface area contributed by atoms with Gasteiger partial charge in [0.15, 0.2) is 0 Å². The monoisotopic (exact) mass is 449 g/mol. The number of unbranched alkanes of at least 4 members (excludes halogenated alkanes) is 4. The van der Waals surface area contributed by atoms with Crippen LogP contribution in [0.5, 0.6) is 0 Å². The van der Waals surface area contributed by atoms with Gasteiger partial charge >= 0.3 is 0 Å². The zero-order valence-corrected chi connectivity index (χ0v) is 19.0. The van der Waals surface area contributed by atoms with Crippen LogP contribution in [0, 0.1) is 12.7 Å². The number of hydrogen-bond acceptors (Lipinski definition) is 4.